The monoisotopic (exact) mass is 430 g/mol. The Kier molecular flexibility index (Phi) is 7.71. The van der Waals surface area contributed by atoms with Gasteiger partial charge in [0.15, 0.2) is 0 Å². The molecule has 0 amide bonds. The van der Waals surface area contributed by atoms with Crippen molar-refractivity contribution >= 4 is 0 Å². The number of hydrogen-bond acceptors (Lipinski definition) is 0. The Balaban J connectivity index is 5.58. The van der Waals surface area contributed by atoms with Crippen LogP contribution in [0.25, 0.3) is 0 Å². The second-order valence-electron chi connectivity index (χ2n) is 5.63. The third-order valence-corrected chi connectivity index (χ3v) is 3.51. The van der Waals surface area contributed by atoms with E-state index in [-0.39, 0.29) is 12.8 Å². The second-order valence-corrected chi connectivity index (χ2v) is 5.63. The lowest BCUT2D eigenvalue weighted by molar-refractivity contribution is -0.440. The van der Waals surface area contributed by atoms with Crippen molar-refractivity contribution in [3.8, 4) is 0 Å². The summed E-state index contributed by atoms with van der Waals surface area (Å²) < 4.78 is 167. The molecule has 0 aromatic rings. The fraction of sp³-hybridized carbons (Fsp3) is 0.857. The van der Waals surface area contributed by atoms with Gasteiger partial charge in [0, 0.05) is 6.42 Å². The van der Waals surface area contributed by atoms with Crippen molar-refractivity contribution in [1.82, 2.24) is 0 Å². The zero-order valence-electron chi connectivity index (χ0n) is 13.6. The van der Waals surface area contributed by atoms with E-state index in [2.05, 4.69) is 0 Å². The minimum Gasteiger partial charge on any atom is -0.200 e. The molecule has 0 aromatic carbocycles. The largest absolute Gasteiger partial charge is 0.460 e. The Bertz CT molecular complexity index is 502. The van der Waals surface area contributed by atoms with E-state index in [1.807, 2.05) is 0 Å². The maximum Gasteiger partial charge on any atom is 0.460 e. The first-order chi connectivity index (χ1) is 11.8. The van der Waals surface area contributed by atoms with Crippen LogP contribution in [0.5, 0.6) is 0 Å². The molecule has 27 heavy (non-hydrogen) atoms. The summed E-state index contributed by atoms with van der Waals surface area (Å²) in [6, 6.07) is 0. The van der Waals surface area contributed by atoms with Crippen molar-refractivity contribution < 1.29 is 57.1 Å². The zero-order chi connectivity index (χ0) is 21.9. The maximum atomic E-state index is 13.4. The van der Waals surface area contributed by atoms with Gasteiger partial charge in [-0.2, -0.15) is 57.1 Å². The molecule has 0 spiro atoms. The molecule has 0 N–H and O–H groups in total. The summed E-state index contributed by atoms with van der Waals surface area (Å²) >= 11 is 0. The highest BCUT2D eigenvalue weighted by Gasteiger charge is 2.90. The normalized spacial score (nSPS) is 15.6. The molecule has 0 aromatic heterocycles. The molecular formula is C14H15F13. The summed E-state index contributed by atoms with van der Waals surface area (Å²) in [5.74, 6) is -36.3. The summed E-state index contributed by atoms with van der Waals surface area (Å²) in [5, 5.41) is 0. The van der Waals surface area contributed by atoms with Crippen LogP contribution in [0.3, 0.4) is 0 Å². The third-order valence-electron chi connectivity index (χ3n) is 3.51. The summed E-state index contributed by atoms with van der Waals surface area (Å²) in [5.41, 5.74) is 0. The lowest BCUT2D eigenvalue weighted by Crippen LogP contribution is -2.70. The van der Waals surface area contributed by atoms with Crippen LogP contribution in [0.1, 0.15) is 39.0 Å². The molecule has 0 rings (SSSR count). The van der Waals surface area contributed by atoms with Crippen molar-refractivity contribution in [1.29, 1.82) is 0 Å². The Labute approximate surface area is 145 Å². The Morgan fingerprint density at radius 2 is 1.00 bits per heavy atom. The third kappa shape index (κ3) is 4.64. The van der Waals surface area contributed by atoms with E-state index in [4.69, 9.17) is 0 Å². The summed E-state index contributed by atoms with van der Waals surface area (Å²) in [7, 11) is 0. The molecular weight excluding hydrogens is 415 g/mol. The number of allylic oxidation sites excluding steroid dienone is 2. The second kappa shape index (κ2) is 8.06. The van der Waals surface area contributed by atoms with Crippen LogP contribution in [0.4, 0.5) is 57.1 Å². The molecule has 0 radical (unpaired) electrons. The summed E-state index contributed by atoms with van der Waals surface area (Å²) in [4.78, 5) is 0. The minimum atomic E-state index is -7.82. The smallest absolute Gasteiger partial charge is 0.200 e. The molecule has 13 heteroatoms. The van der Waals surface area contributed by atoms with Crippen LogP contribution in [0.2, 0.25) is 0 Å². The topological polar surface area (TPSA) is 0 Å². The van der Waals surface area contributed by atoms with Crippen molar-refractivity contribution in [2.24, 2.45) is 0 Å². The molecule has 0 saturated heterocycles. The van der Waals surface area contributed by atoms with Gasteiger partial charge in [0.1, 0.15) is 0 Å². The van der Waals surface area contributed by atoms with Crippen LogP contribution >= 0.6 is 0 Å². The van der Waals surface area contributed by atoms with Gasteiger partial charge in [-0.05, 0) is 25.7 Å². The Morgan fingerprint density at radius 1 is 0.556 bits per heavy atom. The van der Waals surface area contributed by atoms with E-state index in [0.29, 0.717) is 6.42 Å². The number of hydrogen-bond donors (Lipinski definition) is 0. The lowest BCUT2D eigenvalue weighted by atomic mass is 9.91. The number of alkyl halides is 13. The van der Waals surface area contributed by atoms with E-state index >= 15 is 0 Å². The number of halogens is 13. The van der Waals surface area contributed by atoms with Gasteiger partial charge >= 0.3 is 35.8 Å². The summed E-state index contributed by atoms with van der Waals surface area (Å²) in [6.45, 7) is 1.70. The highest BCUT2D eigenvalue weighted by atomic mass is 19.4. The highest BCUT2D eigenvalue weighted by molar-refractivity contribution is 5.10. The van der Waals surface area contributed by atoms with Gasteiger partial charge in [0.05, 0.1) is 0 Å². The van der Waals surface area contributed by atoms with Gasteiger partial charge in [0.25, 0.3) is 0 Å². The van der Waals surface area contributed by atoms with E-state index in [0.717, 1.165) is 0 Å². The maximum absolute atomic E-state index is 13.4. The van der Waals surface area contributed by atoms with Gasteiger partial charge in [-0.3, -0.25) is 0 Å². The number of rotatable bonds is 10. The van der Waals surface area contributed by atoms with E-state index in [1.54, 1.807) is 13.0 Å². The molecule has 0 fully saturated rings. The number of unbranched alkanes of at least 4 members (excludes halogenated alkanes) is 2. The minimum absolute atomic E-state index is 0.0498. The first kappa shape index (κ1) is 25.8. The van der Waals surface area contributed by atoms with Crippen LogP contribution in [-0.4, -0.2) is 35.8 Å². The van der Waals surface area contributed by atoms with Crippen molar-refractivity contribution in [3.63, 3.8) is 0 Å². The summed E-state index contributed by atoms with van der Waals surface area (Å²) in [6.07, 6.45) is -7.07. The zero-order valence-corrected chi connectivity index (χ0v) is 13.6. The fourth-order valence-electron chi connectivity index (χ4n) is 1.85. The van der Waals surface area contributed by atoms with Crippen LogP contribution in [0, 0.1) is 0 Å². The first-order valence-corrected chi connectivity index (χ1v) is 7.42. The fourth-order valence-corrected chi connectivity index (χ4v) is 1.85. The molecule has 0 saturated carbocycles. The molecule has 0 aliphatic rings. The molecule has 0 heterocycles. The van der Waals surface area contributed by atoms with Crippen molar-refractivity contribution in [3.05, 3.63) is 12.2 Å². The predicted molar refractivity (Wildman–Crippen MR) is 68.7 cm³/mol. The molecule has 0 bridgehead atoms. The van der Waals surface area contributed by atoms with Gasteiger partial charge in [0.2, 0.25) is 0 Å². The Hall–Kier alpha value is -1.17. The molecule has 0 aliphatic heterocycles. The van der Waals surface area contributed by atoms with Gasteiger partial charge < -0.3 is 0 Å². The standard InChI is InChI=1S/C14H15F13/c1-2-3-4-5-6-7-8-9(15,16)10(17,18)11(19,20)12(21,22)13(23,24)14(25,26)27/h3-4H,2,5-8H2,1H3. The quantitative estimate of drug-likeness (QED) is 0.195. The SMILES string of the molecule is CCC=CCCCCC(F)(F)C(F)(F)C(F)(F)C(F)(F)C(F)(F)C(F)(F)F. The van der Waals surface area contributed by atoms with Gasteiger partial charge in [-0.1, -0.05) is 19.1 Å². The molecule has 0 unspecified atom stereocenters. The molecule has 162 valence electrons. The first-order valence-electron chi connectivity index (χ1n) is 7.42. The Morgan fingerprint density at radius 3 is 1.41 bits per heavy atom. The van der Waals surface area contributed by atoms with Gasteiger partial charge in [-0.25, -0.2) is 0 Å². The van der Waals surface area contributed by atoms with E-state index in [9.17, 15) is 57.1 Å². The molecule has 0 nitrogen and oxygen atoms in total. The predicted octanol–water partition coefficient (Wildman–Crippen LogP) is 7.25. The van der Waals surface area contributed by atoms with Crippen LogP contribution in [0.15, 0.2) is 12.2 Å². The highest BCUT2D eigenvalue weighted by Crippen LogP contribution is 2.60. The van der Waals surface area contributed by atoms with Gasteiger partial charge in [-0.15, -0.1) is 0 Å². The van der Waals surface area contributed by atoms with E-state index < -0.39 is 48.6 Å². The lowest BCUT2D eigenvalue weighted by Gasteiger charge is -2.39. The average molecular weight is 430 g/mol. The van der Waals surface area contributed by atoms with Crippen LogP contribution in [-0.2, 0) is 0 Å². The van der Waals surface area contributed by atoms with Crippen molar-refractivity contribution in [2.45, 2.75) is 74.8 Å². The average Bonchev–Trinajstić information content (AvgIpc) is 2.48. The van der Waals surface area contributed by atoms with Crippen LogP contribution < -0.4 is 0 Å². The molecule has 0 aliphatic carbocycles. The van der Waals surface area contributed by atoms with Crippen molar-refractivity contribution in [2.75, 3.05) is 0 Å². The molecule has 0 atom stereocenters. The van der Waals surface area contributed by atoms with E-state index in [1.165, 1.54) is 6.08 Å².